The van der Waals surface area contributed by atoms with E-state index in [4.69, 9.17) is 12.2 Å². The number of amides is 2. The van der Waals surface area contributed by atoms with E-state index in [9.17, 15) is 14.0 Å². The van der Waals surface area contributed by atoms with Crippen molar-refractivity contribution < 1.29 is 14.0 Å². The second kappa shape index (κ2) is 6.92. The summed E-state index contributed by atoms with van der Waals surface area (Å²) in [6.45, 7) is 1.29. The van der Waals surface area contributed by atoms with Crippen LogP contribution in [0.1, 0.15) is 11.1 Å². The smallest absolute Gasteiger partial charge is 0.271 e. The zero-order chi connectivity index (χ0) is 19.0. The maximum absolute atomic E-state index is 14.2. The lowest BCUT2D eigenvalue weighted by Gasteiger charge is -2.32. The van der Waals surface area contributed by atoms with E-state index in [1.807, 2.05) is 23.1 Å². The summed E-state index contributed by atoms with van der Waals surface area (Å²) in [5.74, 6) is -1.79. The molecule has 2 aromatic carbocycles. The van der Waals surface area contributed by atoms with Gasteiger partial charge in [0.25, 0.3) is 11.8 Å². The summed E-state index contributed by atoms with van der Waals surface area (Å²) in [5, 5.41) is 2.35. The first-order valence-corrected chi connectivity index (χ1v) is 8.92. The van der Waals surface area contributed by atoms with Gasteiger partial charge >= 0.3 is 0 Å². The molecule has 0 aromatic heterocycles. The number of carbonyl (C=O) groups excluding carboxylic acids is 2. The molecule has 1 saturated heterocycles. The third kappa shape index (κ3) is 3.21. The highest BCUT2D eigenvalue weighted by atomic mass is 32.1. The standard InChI is InChI=1S/C20H16FN3O2S/c21-16-7-3-4-8-17(16)24-19(26)15(18(25)22-20(24)27)12-23-10-9-13-5-1-2-6-14(13)11-23/h1-8,12H,9-11H2,(H,22,25,27). The quantitative estimate of drug-likeness (QED) is 0.493. The minimum atomic E-state index is -0.632. The summed E-state index contributed by atoms with van der Waals surface area (Å²) in [4.78, 5) is 28.2. The molecular formula is C20H16FN3O2S. The fourth-order valence-corrected chi connectivity index (χ4v) is 3.58. The van der Waals surface area contributed by atoms with E-state index < -0.39 is 17.6 Å². The number of anilines is 1. The SMILES string of the molecule is O=C1NC(=S)N(c2ccccc2F)C(=O)C1=CN1CCc2ccccc2C1. The molecule has 27 heavy (non-hydrogen) atoms. The molecule has 7 heteroatoms. The first kappa shape index (κ1) is 17.4. The Labute approximate surface area is 161 Å². The number of halogens is 1. The van der Waals surface area contributed by atoms with Crippen LogP contribution >= 0.6 is 12.2 Å². The van der Waals surface area contributed by atoms with Gasteiger partial charge in [0.2, 0.25) is 0 Å². The zero-order valence-corrected chi connectivity index (χ0v) is 15.1. The summed E-state index contributed by atoms with van der Waals surface area (Å²) in [6, 6.07) is 13.9. The molecule has 0 unspecified atom stereocenters. The van der Waals surface area contributed by atoms with Gasteiger partial charge in [0.05, 0.1) is 5.69 Å². The first-order chi connectivity index (χ1) is 13.0. The number of nitrogens with zero attached hydrogens (tertiary/aromatic N) is 2. The highest BCUT2D eigenvalue weighted by Crippen LogP contribution is 2.25. The van der Waals surface area contributed by atoms with Gasteiger partial charge in [0.15, 0.2) is 5.11 Å². The van der Waals surface area contributed by atoms with E-state index in [2.05, 4.69) is 11.4 Å². The Hall–Kier alpha value is -3.06. The molecule has 5 nitrogen and oxygen atoms in total. The van der Waals surface area contributed by atoms with E-state index >= 15 is 0 Å². The van der Waals surface area contributed by atoms with Crippen LogP contribution in [0.4, 0.5) is 10.1 Å². The van der Waals surface area contributed by atoms with Gasteiger partial charge in [-0.3, -0.25) is 14.9 Å². The number of carbonyl (C=O) groups is 2. The van der Waals surface area contributed by atoms with Crippen molar-refractivity contribution in [3.05, 3.63) is 77.2 Å². The molecule has 0 atom stereocenters. The highest BCUT2D eigenvalue weighted by Gasteiger charge is 2.36. The molecule has 0 saturated carbocycles. The van der Waals surface area contributed by atoms with Crippen LogP contribution in [0, 0.1) is 5.82 Å². The molecule has 2 aliphatic rings. The van der Waals surface area contributed by atoms with E-state index in [1.54, 1.807) is 12.3 Å². The molecule has 2 aliphatic heterocycles. The van der Waals surface area contributed by atoms with Gasteiger partial charge in [-0.2, -0.15) is 0 Å². The predicted octanol–water partition coefficient (Wildman–Crippen LogP) is 2.52. The first-order valence-electron chi connectivity index (χ1n) is 8.51. The van der Waals surface area contributed by atoms with Crippen LogP contribution in [-0.4, -0.2) is 28.4 Å². The molecular weight excluding hydrogens is 365 g/mol. The Kier molecular flexibility index (Phi) is 4.45. The summed E-state index contributed by atoms with van der Waals surface area (Å²) in [7, 11) is 0. The topological polar surface area (TPSA) is 52.7 Å². The summed E-state index contributed by atoms with van der Waals surface area (Å²) >= 11 is 5.10. The Morgan fingerprint density at radius 2 is 1.74 bits per heavy atom. The zero-order valence-electron chi connectivity index (χ0n) is 14.3. The number of fused-ring (bicyclic) bond motifs is 1. The number of rotatable bonds is 2. The number of thiocarbonyl (C=S) groups is 1. The molecule has 0 radical (unpaired) electrons. The largest absolute Gasteiger partial charge is 0.372 e. The van der Waals surface area contributed by atoms with Crippen LogP contribution in [0.25, 0.3) is 0 Å². The van der Waals surface area contributed by atoms with Crippen molar-refractivity contribution in [3.8, 4) is 0 Å². The maximum Gasteiger partial charge on any atom is 0.271 e. The van der Waals surface area contributed by atoms with Crippen LogP contribution in [0.5, 0.6) is 0 Å². The normalized spacial score (nSPS) is 18.6. The predicted molar refractivity (Wildman–Crippen MR) is 103 cm³/mol. The second-order valence-corrected chi connectivity index (χ2v) is 6.77. The second-order valence-electron chi connectivity index (χ2n) is 6.38. The monoisotopic (exact) mass is 381 g/mol. The maximum atomic E-state index is 14.2. The van der Waals surface area contributed by atoms with Gasteiger partial charge in [-0.25, -0.2) is 9.29 Å². The number of nitrogens with one attached hydrogen (secondary N) is 1. The summed E-state index contributed by atoms with van der Waals surface area (Å²) in [5.41, 5.74) is 2.38. The number of hydrogen-bond acceptors (Lipinski definition) is 4. The fourth-order valence-electron chi connectivity index (χ4n) is 3.31. The minimum Gasteiger partial charge on any atom is -0.372 e. The van der Waals surface area contributed by atoms with Gasteiger partial charge in [0, 0.05) is 19.3 Å². The van der Waals surface area contributed by atoms with E-state index in [0.29, 0.717) is 13.1 Å². The van der Waals surface area contributed by atoms with Crippen LogP contribution in [-0.2, 0) is 22.6 Å². The van der Waals surface area contributed by atoms with Crippen LogP contribution in [0.3, 0.4) is 0 Å². The molecule has 1 fully saturated rings. The van der Waals surface area contributed by atoms with Crippen molar-refractivity contribution in [1.29, 1.82) is 0 Å². The summed E-state index contributed by atoms with van der Waals surface area (Å²) < 4.78 is 14.2. The average molecular weight is 381 g/mol. The van der Waals surface area contributed by atoms with Gasteiger partial charge in [0.1, 0.15) is 11.4 Å². The van der Waals surface area contributed by atoms with E-state index in [1.165, 1.54) is 23.8 Å². The van der Waals surface area contributed by atoms with Crippen molar-refractivity contribution >= 4 is 34.8 Å². The third-order valence-electron chi connectivity index (χ3n) is 4.67. The summed E-state index contributed by atoms with van der Waals surface area (Å²) in [6.07, 6.45) is 2.37. The number of para-hydroxylation sites is 1. The van der Waals surface area contributed by atoms with Gasteiger partial charge < -0.3 is 4.90 Å². The molecule has 1 N–H and O–H groups in total. The van der Waals surface area contributed by atoms with E-state index in [-0.39, 0.29) is 16.4 Å². The van der Waals surface area contributed by atoms with E-state index in [0.717, 1.165) is 16.9 Å². The number of benzene rings is 2. The van der Waals surface area contributed by atoms with Crippen molar-refractivity contribution in [2.75, 3.05) is 11.4 Å². The minimum absolute atomic E-state index is 0.0161. The lowest BCUT2D eigenvalue weighted by atomic mass is 10.00. The fraction of sp³-hybridized carbons (Fsp3) is 0.150. The molecule has 0 aliphatic carbocycles. The molecule has 136 valence electrons. The lowest BCUT2D eigenvalue weighted by Crippen LogP contribution is -2.55. The van der Waals surface area contributed by atoms with Crippen molar-refractivity contribution in [3.63, 3.8) is 0 Å². The Balaban J connectivity index is 1.65. The Morgan fingerprint density at radius 1 is 1.04 bits per heavy atom. The van der Waals surface area contributed by atoms with Crippen LogP contribution in [0.15, 0.2) is 60.3 Å². The lowest BCUT2D eigenvalue weighted by molar-refractivity contribution is -0.122. The van der Waals surface area contributed by atoms with Crippen molar-refractivity contribution in [1.82, 2.24) is 10.2 Å². The highest BCUT2D eigenvalue weighted by molar-refractivity contribution is 7.80. The molecule has 0 bridgehead atoms. The average Bonchev–Trinajstić information content (AvgIpc) is 2.66. The molecule has 4 rings (SSSR count). The Bertz CT molecular complexity index is 989. The van der Waals surface area contributed by atoms with Crippen molar-refractivity contribution in [2.24, 2.45) is 0 Å². The van der Waals surface area contributed by atoms with Crippen molar-refractivity contribution in [2.45, 2.75) is 13.0 Å². The Morgan fingerprint density at radius 3 is 2.52 bits per heavy atom. The van der Waals surface area contributed by atoms with Gasteiger partial charge in [-0.05, 0) is 41.9 Å². The molecule has 2 heterocycles. The third-order valence-corrected chi connectivity index (χ3v) is 4.95. The molecule has 0 spiro atoms. The van der Waals surface area contributed by atoms with Crippen LogP contribution < -0.4 is 10.2 Å². The molecule has 2 amide bonds. The molecule has 2 aromatic rings. The van der Waals surface area contributed by atoms with Gasteiger partial charge in [-0.1, -0.05) is 36.4 Å². The van der Waals surface area contributed by atoms with Gasteiger partial charge in [-0.15, -0.1) is 0 Å². The van der Waals surface area contributed by atoms with Crippen LogP contribution in [0.2, 0.25) is 0 Å². The number of hydrogen-bond donors (Lipinski definition) is 1.